The van der Waals surface area contributed by atoms with Gasteiger partial charge in [0.05, 0.1) is 13.2 Å². The minimum atomic E-state index is 0.0819. The molecule has 0 radical (unpaired) electrons. The lowest BCUT2D eigenvalue weighted by molar-refractivity contribution is 0.0936. The molecule has 0 spiro atoms. The van der Waals surface area contributed by atoms with Gasteiger partial charge in [0.1, 0.15) is 0 Å². The molecular formula is C10H16N2O2. The van der Waals surface area contributed by atoms with E-state index in [1.54, 1.807) is 17.2 Å². The zero-order valence-electron chi connectivity index (χ0n) is 8.60. The summed E-state index contributed by atoms with van der Waals surface area (Å²) >= 11 is 0. The number of rotatable bonds is 5. The van der Waals surface area contributed by atoms with Crippen LogP contribution >= 0.6 is 0 Å². The van der Waals surface area contributed by atoms with Crippen molar-refractivity contribution < 1.29 is 9.90 Å². The zero-order chi connectivity index (χ0) is 10.6. The molecule has 0 aromatic carbocycles. The van der Waals surface area contributed by atoms with E-state index in [4.69, 9.17) is 5.11 Å². The lowest BCUT2D eigenvalue weighted by atomic mass is 10.2. The Balaban J connectivity index is 2.50. The maximum atomic E-state index is 11.6. The largest absolute Gasteiger partial charge is 0.395 e. The molecule has 0 saturated heterocycles. The number of ketones is 1. The van der Waals surface area contributed by atoms with E-state index in [0.717, 1.165) is 5.56 Å². The van der Waals surface area contributed by atoms with Gasteiger partial charge in [-0.3, -0.25) is 9.69 Å². The van der Waals surface area contributed by atoms with Crippen molar-refractivity contribution in [3.05, 3.63) is 24.0 Å². The fraction of sp³-hybridized carbons (Fsp3) is 0.500. The highest BCUT2D eigenvalue weighted by Gasteiger charge is 2.09. The SMILES string of the molecule is CN(CCO)CC(=O)c1ccn(C)c1. The molecule has 0 aliphatic carbocycles. The fourth-order valence-corrected chi connectivity index (χ4v) is 1.25. The average molecular weight is 196 g/mol. The van der Waals surface area contributed by atoms with Crippen LogP contribution in [0, 0.1) is 0 Å². The van der Waals surface area contributed by atoms with E-state index >= 15 is 0 Å². The Kier molecular flexibility index (Phi) is 3.85. The number of carbonyl (C=O) groups is 1. The van der Waals surface area contributed by atoms with Crippen molar-refractivity contribution >= 4 is 5.78 Å². The van der Waals surface area contributed by atoms with Gasteiger partial charge >= 0.3 is 0 Å². The Hall–Kier alpha value is -1.13. The molecule has 78 valence electrons. The first-order chi connectivity index (χ1) is 6.63. The van der Waals surface area contributed by atoms with Gasteiger partial charge in [-0.15, -0.1) is 0 Å². The van der Waals surface area contributed by atoms with E-state index in [1.807, 2.05) is 24.9 Å². The van der Waals surface area contributed by atoms with Gasteiger partial charge in [0.2, 0.25) is 0 Å². The molecule has 0 unspecified atom stereocenters. The summed E-state index contributed by atoms with van der Waals surface area (Å²) in [7, 11) is 3.70. The lowest BCUT2D eigenvalue weighted by Gasteiger charge is -2.12. The molecule has 14 heavy (non-hydrogen) atoms. The van der Waals surface area contributed by atoms with Gasteiger partial charge in [0, 0.05) is 31.5 Å². The maximum absolute atomic E-state index is 11.6. The van der Waals surface area contributed by atoms with Crippen LogP contribution in [0.1, 0.15) is 10.4 Å². The van der Waals surface area contributed by atoms with Gasteiger partial charge in [-0.05, 0) is 13.1 Å². The number of Topliss-reactive ketones (excluding diaryl/α,β-unsaturated/α-hetero) is 1. The van der Waals surface area contributed by atoms with E-state index in [1.165, 1.54) is 0 Å². The number of aromatic nitrogens is 1. The standard InChI is InChI=1S/C10H16N2O2/c1-11-4-3-9(7-11)10(14)8-12(2)5-6-13/h3-4,7,13H,5-6,8H2,1-2H3. The van der Waals surface area contributed by atoms with Crippen LogP contribution in [-0.4, -0.2) is 47.1 Å². The third-order valence-electron chi connectivity index (χ3n) is 2.05. The highest BCUT2D eigenvalue weighted by Crippen LogP contribution is 2.01. The molecule has 1 rings (SSSR count). The molecule has 1 N–H and O–H groups in total. The molecule has 0 bridgehead atoms. The number of hydrogen-bond donors (Lipinski definition) is 1. The van der Waals surface area contributed by atoms with Gasteiger partial charge in [0.25, 0.3) is 0 Å². The smallest absolute Gasteiger partial charge is 0.178 e. The van der Waals surface area contributed by atoms with Crippen LogP contribution in [-0.2, 0) is 7.05 Å². The van der Waals surface area contributed by atoms with Gasteiger partial charge in [-0.25, -0.2) is 0 Å². The minimum absolute atomic E-state index is 0.0819. The first-order valence-electron chi connectivity index (χ1n) is 4.58. The summed E-state index contributed by atoms with van der Waals surface area (Å²) in [6.45, 7) is 0.960. The molecule has 0 aliphatic heterocycles. The Morgan fingerprint density at radius 3 is 2.86 bits per heavy atom. The number of hydrogen-bond acceptors (Lipinski definition) is 3. The second kappa shape index (κ2) is 4.93. The normalized spacial score (nSPS) is 10.9. The first-order valence-corrected chi connectivity index (χ1v) is 4.58. The van der Waals surface area contributed by atoms with Crippen LogP contribution in [0.15, 0.2) is 18.5 Å². The predicted octanol–water partition coefficient (Wildman–Crippen LogP) is 0.132. The summed E-state index contributed by atoms with van der Waals surface area (Å²) in [5, 5.41) is 8.67. The van der Waals surface area contributed by atoms with Crippen LogP contribution in [0.25, 0.3) is 0 Å². The Bertz CT molecular complexity index is 307. The third kappa shape index (κ3) is 2.97. The Labute approximate surface area is 83.8 Å². The van der Waals surface area contributed by atoms with Crippen molar-refractivity contribution in [1.29, 1.82) is 0 Å². The molecule has 0 fully saturated rings. The average Bonchev–Trinajstić information content (AvgIpc) is 2.52. The monoisotopic (exact) mass is 196 g/mol. The highest BCUT2D eigenvalue weighted by atomic mass is 16.3. The molecule has 0 amide bonds. The first kappa shape index (κ1) is 10.9. The van der Waals surface area contributed by atoms with Crippen LogP contribution in [0.5, 0.6) is 0 Å². The lowest BCUT2D eigenvalue weighted by Crippen LogP contribution is -2.28. The summed E-state index contributed by atoms with van der Waals surface area (Å²) in [6.07, 6.45) is 3.65. The number of likely N-dealkylation sites (N-methyl/N-ethyl adjacent to an activating group) is 1. The summed E-state index contributed by atoms with van der Waals surface area (Å²) in [6, 6.07) is 1.80. The van der Waals surface area contributed by atoms with Crippen LogP contribution in [0.2, 0.25) is 0 Å². The predicted molar refractivity (Wildman–Crippen MR) is 54.3 cm³/mol. The fourth-order valence-electron chi connectivity index (χ4n) is 1.25. The van der Waals surface area contributed by atoms with E-state index in [2.05, 4.69) is 0 Å². The van der Waals surface area contributed by atoms with Crippen molar-refractivity contribution in [3.8, 4) is 0 Å². The minimum Gasteiger partial charge on any atom is -0.395 e. The molecule has 0 aliphatic rings. The zero-order valence-corrected chi connectivity index (χ0v) is 8.60. The number of nitrogens with zero attached hydrogens (tertiary/aromatic N) is 2. The summed E-state index contributed by atoms with van der Waals surface area (Å²) in [5.74, 6) is 0.0848. The molecular weight excluding hydrogens is 180 g/mol. The van der Waals surface area contributed by atoms with Crippen molar-refractivity contribution in [2.24, 2.45) is 7.05 Å². The van der Waals surface area contributed by atoms with Crippen LogP contribution < -0.4 is 0 Å². The van der Waals surface area contributed by atoms with Crippen LogP contribution in [0.4, 0.5) is 0 Å². The molecule has 1 heterocycles. The molecule has 1 aromatic rings. The molecule has 0 saturated carbocycles. The second-order valence-corrected chi connectivity index (χ2v) is 3.45. The van der Waals surface area contributed by atoms with Crippen molar-refractivity contribution in [2.75, 3.05) is 26.7 Å². The van der Waals surface area contributed by atoms with Crippen molar-refractivity contribution in [2.45, 2.75) is 0 Å². The van der Waals surface area contributed by atoms with Gasteiger partial charge < -0.3 is 9.67 Å². The highest BCUT2D eigenvalue weighted by molar-refractivity contribution is 5.97. The Morgan fingerprint density at radius 2 is 2.36 bits per heavy atom. The summed E-state index contributed by atoms with van der Waals surface area (Å²) < 4.78 is 1.85. The van der Waals surface area contributed by atoms with Crippen molar-refractivity contribution in [3.63, 3.8) is 0 Å². The third-order valence-corrected chi connectivity index (χ3v) is 2.05. The molecule has 4 nitrogen and oxygen atoms in total. The van der Waals surface area contributed by atoms with Gasteiger partial charge in [-0.1, -0.05) is 0 Å². The maximum Gasteiger partial charge on any atom is 0.178 e. The van der Waals surface area contributed by atoms with Gasteiger partial charge in [0.15, 0.2) is 5.78 Å². The Morgan fingerprint density at radius 1 is 1.64 bits per heavy atom. The topological polar surface area (TPSA) is 45.5 Å². The quantitative estimate of drug-likeness (QED) is 0.681. The van der Waals surface area contributed by atoms with Crippen LogP contribution in [0.3, 0.4) is 0 Å². The summed E-state index contributed by atoms with van der Waals surface area (Å²) in [5.41, 5.74) is 0.720. The summed E-state index contributed by atoms with van der Waals surface area (Å²) in [4.78, 5) is 13.4. The van der Waals surface area contributed by atoms with Crippen molar-refractivity contribution in [1.82, 2.24) is 9.47 Å². The number of aliphatic hydroxyl groups excluding tert-OH is 1. The van der Waals surface area contributed by atoms with E-state index in [0.29, 0.717) is 13.1 Å². The van der Waals surface area contributed by atoms with Gasteiger partial charge in [-0.2, -0.15) is 0 Å². The number of carbonyl (C=O) groups excluding carboxylic acids is 1. The number of aliphatic hydroxyl groups is 1. The second-order valence-electron chi connectivity index (χ2n) is 3.45. The van der Waals surface area contributed by atoms with E-state index in [-0.39, 0.29) is 12.4 Å². The molecule has 1 aromatic heterocycles. The molecule has 0 atom stereocenters. The molecule has 4 heteroatoms. The number of aryl methyl sites for hydroxylation is 1. The van der Waals surface area contributed by atoms with E-state index in [9.17, 15) is 4.79 Å². The van der Waals surface area contributed by atoms with E-state index < -0.39 is 0 Å².